The number of rotatable bonds is 3. The van der Waals surface area contributed by atoms with Gasteiger partial charge in [0.15, 0.2) is 5.82 Å². The van der Waals surface area contributed by atoms with Gasteiger partial charge in [-0.25, -0.2) is 13.5 Å². The largest absolute Gasteiger partial charge is 0.390 e. The summed E-state index contributed by atoms with van der Waals surface area (Å²) in [7, 11) is 0. The smallest absolute Gasteiger partial charge is 0.344 e. The Labute approximate surface area is 130 Å². The number of esters is 1. The Bertz CT molecular complexity index is 780. The van der Waals surface area contributed by atoms with Crippen LogP contribution in [-0.4, -0.2) is 20.7 Å². The Hall–Kier alpha value is -3.09. The predicted octanol–water partition coefficient (Wildman–Crippen LogP) is 3.14. The predicted molar refractivity (Wildman–Crippen MR) is 78.0 cm³/mol. The zero-order chi connectivity index (χ0) is 16.4. The molecular formula is C16H11F2N3O2. The maximum absolute atomic E-state index is 13.1. The molecule has 1 aromatic heterocycles. The fraction of sp³-hybridized carbons (Fsp3) is 0.0625. The molecule has 2 aromatic carbocycles. The summed E-state index contributed by atoms with van der Waals surface area (Å²) in [5.74, 6) is -1.00. The van der Waals surface area contributed by atoms with E-state index in [2.05, 4.69) is 10.1 Å². The van der Waals surface area contributed by atoms with Crippen molar-refractivity contribution in [2.75, 3.05) is 0 Å². The zero-order valence-electron chi connectivity index (χ0n) is 12.0. The van der Waals surface area contributed by atoms with Crippen LogP contribution >= 0.6 is 0 Å². The number of benzene rings is 2. The molecule has 0 aliphatic rings. The van der Waals surface area contributed by atoms with Gasteiger partial charge in [0, 0.05) is 12.5 Å². The second-order valence-electron chi connectivity index (χ2n) is 4.71. The van der Waals surface area contributed by atoms with Crippen molar-refractivity contribution in [1.82, 2.24) is 14.8 Å². The first kappa shape index (κ1) is 14.8. The Morgan fingerprint density at radius 2 is 1.57 bits per heavy atom. The summed E-state index contributed by atoms with van der Waals surface area (Å²) in [6.07, 6.45) is 0. The van der Waals surface area contributed by atoms with Gasteiger partial charge >= 0.3 is 12.0 Å². The quantitative estimate of drug-likeness (QED) is 0.697. The van der Waals surface area contributed by atoms with Crippen LogP contribution in [0.15, 0.2) is 48.5 Å². The molecule has 0 amide bonds. The lowest BCUT2D eigenvalue weighted by Gasteiger charge is -2.05. The van der Waals surface area contributed by atoms with Crippen LogP contribution in [0.25, 0.3) is 17.1 Å². The fourth-order valence-electron chi connectivity index (χ4n) is 2.01. The van der Waals surface area contributed by atoms with Crippen LogP contribution in [0.2, 0.25) is 0 Å². The Kier molecular flexibility index (Phi) is 3.84. The van der Waals surface area contributed by atoms with Crippen LogP contribution in [-0.2, 0) is 4.79 Å². The van der Waals surface area contributed by atoms with Crippen molar-refractivity contribution in [2.24, 2.45) is 0 Å². The monoisotopic (exact) mass is 315 g/mol. The molecule has 5 nitrogen and oxygen atoms in total. The van der Waals surface area contributed by atoms with Crippen molar-refractivity contribution in [2.45, 2.75) is 6.92 Å². The van der Waals surface area contributed by atoms with Crippen molar-refractivity contribution < 1.29 is 18.3 Å². The summed E-state index contributed by atoms with van der Waals surface area (Å²) < 4.78 is 32.5. The Morgan fingerprint density at radius 1 is 1.00 bits per heavy atom. The molecule has 3 rings (SSSR count). The van der Waals surface area contributed by atoms with Crippen molar-refractivity contribution >= 4 is 5.97 Å². The summed E-state index contributed by atoms with van der Waals surface area (Å²) in [6.45, 7) is 1.23. The van der Waals surface area contributed by atoms with E-state index < -0.39 is 11.8 Å². The number of carbonyl (C=O) groups is 1. The first-order valence-corrected chi connectivity index (χ1v) is 6.70. The van der Waals surface area contributed by atoms with Gasteiger partial charge in [-0.15, -0.1) is 5.10 Å². The summed E-state index contributed by atoms with van der Waals surface area (Å²) in [4.78, 5) is 15.2. The maximum atomic E-state index is 13.1. The van der Waals surface area contributed by atoms with E-state index in [0.29, 0.717) is 17.1 Å². The van der Waals surface area contributed by atoms with Crippen molar-refractivity contribution in [3.63, 3.8) is 0 Å². The lowest BCUT2D eigenvalue weighted by Crippen LogP contribution is -2.03. The molecule has 0 fully saturated rings. The van der Waals surface area contributed by atoms with Crippen LogP contribution in [0, 0.1) is 11.6 Å². The second-order valence-corrected chi connectivity index (χ2v) is 4.71. The molecule has 0 unspecified atom stereocenters. The summed E-state index contributed by atoms with van der Waals surface area (Å²) in [5, 5.41) is 4.10. The van der Waals surface area contributed by atoms with Crippen LogP contribution in [0.5, 0.6) is 6.01 Å². The van der Waals surface area contributed by atoms with Gasteiger partial charge < -0.3 is 4.74 Å². The number of ether oxygens (including phenoxy) is 1. The Morgan fingerprint density at radius 3 is 2.13 bits per heavy atom. The van der Waals surface area contributed by atoms with Crippen LogP contribution in [0.3, 0.4) is 0 Å². The van der Waals surface area contributed by atoms with Gasteiger partial charge in [0.2, 0.25) is 0 Å². The molecule has 0 saturated heterocycles. The van der Waals surface area contributed by atoms with Gasteiger partial charge in [-0.05, 0) is 48.5 Å². The van der Waals surface area contributed by atoms with Gasteiger partial charge in [0.05, 0.1) is 5.69 Å². The average Bonchev–Trinajstić information content (AvgIpc) is 2.91. The van der Waals surface area contributed by atoms with Gasteiger partial charge in [-0.2, -0.15) is 4.98 Å². The molecule has 7 heteroatoms. The van der Waals surface area contributed by atoms with Gasteiger partial charge in [-0.1, -0.05) is 0 Å². The van der Waals surface area contributed by atoms with Crippen molar-refractivity contribution in [3.8, 4) is 23.1 Å². The van der Waals surface area contributed by atoms with Crippen LogP contribution in [0.1, 0.15) is 6.92 Å². The highest BCUT2D eigenvalue weighted by molar-refractivity contribution is 5.68. The molecule has 0 aliphatic carbocycles. The SMILES string of the molecule is CC(=O)Oc1nc(-c2ccc(F)cc2)n(-c2ccc(F)cc2)n1. The number of hydrogen-bond donors (Lipinski definition) is 0. The first-order chi connectivity index (χ1) is 11.0. The van der Waals surface area contributed by atoms with E-state index >= 15 is 0 Å². The molecule has 0 aliphatic heterocycles. The number of carbonyl (C=O) groups excluding carboxylic acids is 1. The van der Waals surface area contributed by atoms with Gasteiger partial charge in [-0.3, -0.25) is 4.79 Å². The van der Waals surface area contributed by atoms with E-state index in [9.17, 15) is 13.6 Å². The van der Waals surface area contributed by atoms with Crippen molar-refractivity contribution in [1.29, 1.82) is 0 Å². The van der Waals surface area contributed by atoms with E-state index in [0.717, 1.165) is 0 Å². The van der Waals surface area contributed by atoms with Crippen molar-refractivity contribution in [3.05, 3.63) is 60.2 Å². The molecule has 0 bridgehead atoms. The maximum Gasteiger partial charge on any atom is 0.344 e. The first-order valence-electron chi connectivity index (χ1n) is 6.70. The minimum absolute atomic E-state index is 0.138. The van der Waals surface area contributed by atoms with E-state index in [4.69, 9.17) is 4.74 Å². The molecule has 0 spiro atoms. The Balaban J connectivity index is 2.12. The number of halogens is 2. The molecule has 116 valence electrons. The van der Waals surface area contributed by atoms with E-state index in [1.165, 1.54) is 60.1 Å². The summed E-state index contributed by atoms with van der Waals surface area (Å²) >= 11 is 0. The zero-order valence-corrected chi connectivity index (χ0v) is 12.0. The minimum atomic E-state index is -0.563. The number of aromatic nitrogens is 3. The third kappa shape index (κ3) is 3.23. The highest BCUT2D eigenvalue weighted by Gasteiger charge is 2.16. The van der Waals surface area contributed by atoms with Gasteiger partial charge in [0.1, 0.15) is 11.6 Å². The molecule has 0 atom stereocenters. The average molecular weight is 315 g/mol. The third-order valence-electron chi connectivity index (χ3n) is 3.00. The lowest BCUT2D eigenvalue weighted by atomic mass is 10.2. The lowest BCUT2D eigenvalue weighted by molar-refractivity contribution is -0.132. The highest BCUT2D eigenvalue weighted by atomic mass is 19.1. The van der Waals surface area contributed by atoms with Crippen LogP contribution in [0.4, 0.5) is 8.78 Å². The normalized spacial score (nSPS) is 10.6. The third-order valence-corrected chi connectivity index (χ3v) is 3.00. The molecular weight excluding hydrogens is 304 g/mol. The highest BCUT2D eigenvalue weighted by Crippen LogP contribution is 2.24. The van der Waals surface area contributed by atoms with E-state index in [1.807, 2.05) is 0 Å². The molecule has 0 radical (unpaired) electrons. The topological polar surface area (TPSA) is 57.0 Å². The molecule has 0 N–H and O–H groups in total. The molecule has 23 heavy (non-hydrogen) atoms. The molecule has 3 aromatic rings. The summed E-state index contributed by atoms with van der Waals surface area (Å²) in [6, 6.07) is 11.0. The fourth-order valence-corrected chi connectivity index (χ4v) is 2.01. The number of hydrogen-bond acceptors (Lipinski definition) is 4. The van der Waals surface area contributed by atoms with E-state index in [-0.39, 0.29) is 11.8 Å². The van der Waals surface area contributed by atoms with Crippen LogP contribution < -0.4 is 4.74 Å². The molecule has 1 heterocycles. The van der Waals surface area contributed by atoms with E-state index in [1.54, 1.807) is 0 Å². The summed E-state index contributed by atoms with van der Waals surface area (Å²) in [5.41, 5.74) is 1.10. The second kappa shape index (κ2) is 5.96. The van der Waals surface area contributed by atoms with Gasteiger partial charge in [0.25, 0.3) is 0 Å². The molecule has 0 saturated carbocycles. The number of nitrogens with zero attached hydrogens (tertiary/aromatic N) is 3. The standard InChI is InChI=1S/C16H11F2N3O2/c1-10(22)23-16-19-15(11-2-4-12(17)5-3-11)21(20-16)14-8-6-13(18)7-9-14/h2-9H,1H3. The minimum Gasteiger partial charge on any atom is -0.390 e.